The first-order chi connectivity index (χ1) is 7.22. The summed E-state index contributed by atoms with van der Waals surface area (Å²) < 4.78 is 0. The van der Waals surface area contributed by atoms with Crippen molar-refractivity contribution in [2.45, 2.75) is 13.3 Å². The third-order valence-corrected chi connectivity index (χ3v) is 2.58. The highest BCUT2D eigenvalue weighted by molar-refractivity contribution is 6.03. The van der Waals surface area contributed by atoms with Gasteiger partial charge in [0.25, 0.3) is 0 Å². The molecule has 15 heavy (non-hydrogen) atoms. The van der Waals surface area contributed by atoms with Crippen molar-refractivity contribution in [3.05, 3.63) is 47.5 Å². The maximum absolute atomic E-state index is 11.0. The molecule has 0 atom stereocenters. The third kappa shape index (κ3) is 1.71. The number of rotatable bonds is 2. The number of carboxylic acid groups (broad SMARTS) is 1. The van der Waals surface area contributed by atoms with E-state index in [1.54, 1.807) is 12.1 Å². The Morgan fingerprint density at radius 2 is 2.07 bits per heavy atom. The van der Waals surface area contributed by atoms with Crippen molar-refractivity contribution in [3.63, 3.8) is 0 Å². The maximum atomic E-state index is 11.0. The summed E-state index contributed by atoms with van der Waals surface area (Å²) in [6.07, 6.45) is 0.966. The first-order valence-corrected chi connectivity index (χ1v) is 4.97. The average Bonchev–Trinajstić information content (AvgIpc) is 2.27. The van der Waals surface area contributed by atoms with Crippen LogP contribution in [-0.2, 0) is 6.42 Å². The van der Waals surface area contributed by atoms with Crippen molar-refractivity contribution in [3.8, 4) is 0 Å². The normalized spacial score (nSPS) is 10.5. The zero-order valence-corrected chi connectivity index (χ0v) is 8.53. The van der Waals surface area contributed by atoms with Gasteiger partial charge in [-0.15, -0.1) is 0 Å². The van der Waals surface area contributed by atoms with E-state index in [0.29, 0.717) is 5.56 Å². The third-order valence-electron chi connectivity index (χ3n) is 2.58. The molecule has 0 aliphatic carbocycles. The van der Waals surface area contributed by atoms with Crippen molar-refractivity contribution < 1.29 is 9.90 Å². The first kappa shape index (κ1) is 9.71. The van der Waals surface area contributed by atoms with E-state index >= 15 is 0 Å². The zero-order valence-electron chi connectivity index (χ0n) is 8.53. The highest BCUT2D eigenvalue weighted by atomic mass is 16.4. The summed E-state index contributed by atoms with van der Waals surface area (Å²) in [7, 11) is 0. The quantitative estimate of drug-likeness (QED) is 0.808. The number of benzene rings is 2. The molecule has 0 aliphatic rings. The second-order valence-electron chi connectivity index (χ2n) is 3.52. The summed E-state index contributed by atoms with van der Waals surface area (Å²) in [5.41, 5.74) is 1.60. The molecule has 0 saturated heterocycles. The van der Waals surface area contributed by atoms with Crippen LogP contribution in [-0.4, -0.2) is 11.1 Å². The van der Waals surface area contributed by atoms with Crippen LogP contribution in [0.4, 0.5) is 0 Å². The molecule has 2 rings (SSSR count). The molecule has 0 amide bonds. The highest BCUT2D eigenvalue weighted by Crippen LogP contribution is 2.20. The van der Waals surface area contributed by atoms with Gasteiger partial charge in [-0.25, -0.2) is 4.79 Å². The van der Waals surface area contributed by atoms with Crippen LogP contribution in [0, 0.1) is 0 Å². The van der Waals surface area contributed by atoms with Crippen molar-refractivity contribution in [1.29, 1.82) is 0 Å². The fourth-order valence-corrected chi connectivity index (χ4v) is 1.74. The Hall–Kier alpha value is -1.83. The fraction of sp³-hybridized carbons (Fsp3) is 0.154. The number of carbonyl (C=O) groups is 1. The number of aryl methyl sites for hydroxylation is 1. The van der Waals surface area contributed by atoms with Gasteiger partial charge in [0.05, 0.1) is 5.56 Å². The van der Waals surface area contributed by atoms with Gasteiger partial charge in [0.2, 0.25) is 0 Å². The number of aromatic carboxylic acids is 1. The number of fused-ring (bicyclic) bond motifs is 1. The van der Waals surface area contributed by atoms with Gasteiger partial charge < -0.3 is 5.11 Å². The monoisotopic (exact) mass is 200 g/mol. The minimum absolute atomic E-state index is 0.371. The molecule has 2 nitrogen and oxygen atoms in total. The first-order valence-electron chi connectivity index (χ1n) is 4.97. The Bertz CT molecular complexity index is 515. The lowest BCUT2D eigenvalue weighted by Gasteiger charge is -2.04. The van der Waals surface area contributed by atoms with E-state index in [-0.39, 0.29) is 0 Å². The summed E-state index contributed by atoms with van der Waals surface area (Å²) in [4.78, 5) is 11.0. The fourth-order valence-electron chi connectivity index (χ4n) is 1.74. The largest absolute Gasteiger partial charge is 0.478 e. The van der Waals surface area contributed by atoms with E-state index in [9.17, 15) is 4.79 Å². The topological polar surface area (TPSA) is 37.3 Å². The van der Waals surface area contributed by atoms with Gasteiger partial charge in [0, 0.05) is 0 Å². The van der Waals surface area contributed by atoms with Gasteiger partial charge in [-0.2, -0.15) is 0 Å². The SMILES string of the molecule is CCc1ccc2c(C(=O)O)cccc2c1. The lowest BCUT2D eigenvalue weighted by molar-refractivity contribution is 0.0699. The highest BCUT2D eigenvalue weighted by Gasteiger charge is 2.07. The standard InChI is InChI=1S/C13H12O2/c1-2-9-6-7-11-10(8-9)4-3-5-12(11)13(14)15/h3-8H,2H2,1H3,(H,14,15). The summed E-state index contributed by atoms with van der Waals surface area (Å²) in [6.45, 7) is 2.09. The predicted octanol–water partition coefficient (Wildman–Crippen LogP) is 3.10. The lowest BCUT2D eigenvalue weighted by atomic mass is 10.0. The Balaban J connectivity index is 2.72. The van der Waals surface area contributed by atoms with Crippen LogP contribution in [0.1, 0.15) is 22.8 Å². The minimum Gasteiger partial charge on any atom is -0.478 e. The molecule has 0 spiro atoms. The second kappa shape index (κ2) is 3.73. The van der Waals surface area contributed by atoms with Gasteiger partial charge in [-0.3, -0.25) is 0 Å². The molecule has 0 radical (unpaired) electrons. The van der Waals surface area contributed by atoms with E-state index in [1.807, 2.05) is 24.3 Å². The molecule has 2 aromatic rings. The Kier molecular flexibility index (Phi) is 2.42. The molecular formula is C13H12O2. The molecule has 0 bridgehead atoms. The maximum Gasteiger partial charge on any atom is 0.336 e. The number of hydrogen-bond donors (Lipinski definition) is 1. The van der Waals surface area contributed by atoms with E-state index in [2.05, 4.69) is 6.92 Å². The molecule has 0 aliphatic heterocycles. The van der Waals surface area contributed by atoms with Crippen molar-refractivity contribution in [1.82, 2.24) is 0 Å². The van der Waals surface area contributed by atoms with Crippen LogP contribution in [0.25, 0.3) is 10.8 Å². The second-order valence-corrected chi connectivity index (χ2v) is 3.52. The summed E-state index contributed by atoms with van der Waals surface area (Å²) in [5, 5.41) is 10.8. The molecule has 0 heterocycles. The van der Waals surface area contributed by atoms with E-state index in [4.69, 9.17) is 5.11 Å². The smallest absolute Gasteiger partial charge is 0.336 e. The summed E-state index contributed by atoms with van der Waals surface area (Å²) >= 11 is 0. The van der Waals surface area contributed by atoms with Crippen LogP contribution in [0.5, 0.6) is 0 Å². The zero-order chi connectivity index (χ0) is 10.8. The van der Waals surface area contributed by atoms with Gasteiger partial charge in [-0.05, 0) is 28.8 Å². The van der Waals surface area contributed by atoms with E-state index in [0.717, 1.165) is 17.2 Å². The van der Waals surface area contributed by atoms with E-state index < -0.39 is 5.97 Å². The molecule has 0 unspecified atom stereocenters. The van der Waals surface area contributed by atoms with Gasteiger partial charge in [-0.1, -0.05) is 37.3 Å². The molecule has 0 aromatic heterocycles. The Labute approximate surface area is 88.2 Å². The predicted molar refractivity (Wildman–Crippen MR) is 60.3 cm³/mol. The number of carboxylic acids is 1. The van der Waals surface area contributed by atoms with Crippen LogP contribution in [0.15, 0.2) is 36.4 Å². The molecule has 2 aromatic carbocycles. The van der Waals surface area contributed by atoms with Crippen molar-refractivity contribution in [2.24, 2.45) is 0 Å². The molecule has 0 saturated carbocycles. The molecule has 0 fully saturated rings. The van der Waals surface area contributed by atoms with Gasteiger partial charge in [0.1, 0.15) is 0 Å². The van der Waals surface area contributed by atoms with Crippen molar-refractivity contribution >= 4 is 16.7 Å². The summed E-state index contributed by atoms with van der Waals surface area (Å²) in [5.74, 6) is -0.871. The molecule has 1 N–H and O–H groups in total. The van der Waals surface area contributed by atoms with Gasteiger partial charge >= 0.3 is 5.97 Å². The van der Waals surface area contributed by atoms with Crippen LogP contribution in [0.2, 0.25) is 0 Å². The van der Waals surface area contributed by atoms with E-state index in [1.165, 1.54) is 5.56 Å². The average molecular weight is 200 g/mol. The van der Waals surface area contributed by atoms with Crippen molar-refractivity contribution in [2.75, 3.05) is 0 Å². The minimum atomic E-state index is -0.871. The molecular weight excluding hydrogens is 188 g/mol. The molecule has 76 valence electrons. The van der Waals surface area contributed by atoms with Crippen LogP contribution >= 0.6 is 0 Å². The summed E-state index contributed by atoms with van der Waals surface area (Å²) in [6, 6.07) is 11.3. The number of hydrogen-bond acceptors (Lipinski definition) is 1. The van der Waals surface area contributed by atoms with Crippen LogP contribution in [0.3, 0.4) is 0 Å². The van der Waals surface area contributed by atoms with Crippen LogP contribution < -0.4 is 0 Å². The Morgan fingerprint density at radius 1 is 1.27 bits per heavy atom. The molecule has 2 heteroatoms. The Morgan fingerprint density at radius 3 is 2.73 bits per heavy atom. The lowest BCUT2D eigenvalue weighted by Crippen LogP contribution is -1.97. The van der Waals surface area contributed by atoms with Gasteiger partial charge in [0.15, 0.2) is 0 Å².